The van der Waals surface area contributed by atoms with E-state index in [0.717, 1.165) is 48.2 Å². The molecule has 2 heterocycles. The molecule has 10 nitrogen and oxygen atoms in total. The summed E-state index contributed by atoms with van der Waals surface area (Å²) in [7, 11) is 0. The van der Waals surface area contributed by atoms with Crippen LogP contribution in [0, 0.1) is 28.6 Å². The number of allylic oxidation sites excluding steroid dienone is 1. The Labute approximate surface area is 303 Å². The molecule has 0 radical (unpaired) electrons. The number of rotatable bonds is 8. The van der Waals surface area contributed by atoms with Crippen LogP contribution in [-0.4, -0.2) is 50.9 Å². The monoisotopic (exact) mass is 702 g/mol. The Bertz CT molecular complexity index is 2040. The third-order valence-electron chi connectivity index (χ3n) is 12.9. The number of nitrogens with zero attached hydrogens (tertiary/aromatic N) is 2. The zero-order valence-corrected chi connectivity index (χ0v) is 29.9. The number of fused-ring (bicyclic) bond motifs is 6. The first kappa shape index (κ1) is 34.1. The number of hydrogen-bond donors (Lipinski definition) is 3. The van der Waals surface area contributed by atoms with Crippen molar-refractivity contribution < 1.29 is 28.6 Å². The van der Waals surface area contributed by atoms with Crippen LogP contribution < -0.4 is 10.6 Å². The first-order valence-electron chi connectivity index (χ1n) is 18.5. The van der Waals surface area contributed by atoms with E-state index in [0.29, 0.717) is 31.5 Å². The average Bonchev–Trinajstić information content (AvgIpc) is 3.89. The molecule has 4 aliphatic carbocycles. The van der Waals surface area contributed by atoms with Crippen molar-refractivity contribution in [1.29, 1.82) is 0 Å². The van der Waals surface area contributed by atoms with Gasteiger partial charge in [0.05, 0.1) is 29.9 Å². The molecule has 2 amide bonds. The Kier molecular flexibility index (Phi) is 8.48. The van der Waals surface area contributed by atoms with Crippen molar-refractivity contribution in [1.82, 2.24) is 20.4 Å². The highest BCUT2D eigenvalue weighted by Gasteiger charge is 2.71. The summed E-state index contributed by atoms with van der Waals surface area (Å²) in [5, 5.41) is 23.0. The van der Waals surface area contributed by atoms with Crippen LogP contribution in [-0.2, 0) is 22.5 Å². The van der Waals surface area contributed by atoms with Crippen LogP contribution in [0.4, 0.5) is 0 Å². The number of likely N-dealkylation sites (N-methyl/N-ethyl adjacent to an activating group) is 1. The molecule has 3 unspecified atom stereocenters. The van der Waals surface area contributed by atoms with Crippen molar-refractivity contribution in [2.75, 3.05) is 6.54 Å². The lowest BCUT2D eigenvalue weighted by Crippen LogP contribution is -2.64. The van der Waals surface area contributed by atoms with Crippen LogP contribution in [0.25, 0.3) is 11.8 Å². The van der Waals surface area contributed by atoms with Crippen molar-refractivity contribution in [2.24, 2.45) is 28.6 Å². The van der Waals surface area contributed by atoms with Crippen molar-refractivity contribution in [3.63, 3.8) is 0 Å². The topological polar surface area (TPSA) is 136 Å². The maximum atomic E-state index is 14.0. The summed E-state index contributed by atoms with van der Waals surface area (Å²) in [6.45, 7) is 7.03. The molecule has 2 aromatic heterocycles. The SMILES string of the molecule is CCNC(=O)[C@@]1(OC(=O)c2ccco2)CCC2C3CCC4=Cc5c(cnn5-c5cccc(C(=O)NCc6ccccc6)c5)C[C@]4(C)C3[C@@H](O)C[C@@]21C. The van der Waals surface area contributed by atoms with E-state index in [-0.39, 0.29) is 40.7 Å². The van der Waals surface area contributed by atoms with Gasteiger partial charge in [-0.15, -0.1) is 0 Å². The fourth-order valence-electron chi connectivity index (χ4n) is 10.5. The summed E-state index contributed by atoms with van der Waals surface area (Å²) in [5.41, 5.74) is 3.30. The maximum Gasteiger partial charge on any atom is 0.375 e. The van der Waals surface area contributed by atoms with E-state index in [4.69, 9.17) is 14.3 Å². The molecule has 3 saturated carbocycles. The zero-order chi connectivity index (χ0) is 36.3. The summed E-state index contributed by atoms with van der Waals surface area (Å²) in [6.07, 6.45) is 8.77. The number of aliphatic hydroxyl groups excluding tert-OH is 1. The number of nitrogens with one attached hydrogen (secondary N) is 2. The third kappa shape index (κ3) is 5.33. The predicted octanol–water partition coefficient (Wildman–Crippen LogP) is 6.28. The Hall–Kier alpha value is -4.96. The Morgan fingerprint density at radius 2 is 1.87 bits per heavy atom. The summed E-state index contributed by atoms with van der Waals surface area (Å²) in [6, 6.07) is 20.6. The number of carbonyl (C=O) groups excluding carboxylic acids is 3. The lowest BCUT2D eigenvalue weighted by molar-refractivity contribution is -0.182. The molecule has 0 aliphatic heterocycles. The number of ether oxygens (including phenoxy) is 1. The highest BCUT2D eigenvalue weighted by atomic mass is 16.6. The van der Waals surface area contributed by atoms with E-state index in [1.807, 2.05) is 79.3 Å². The van der Waals surface area contributed by atoms with Gasteiger partial charge < -0.3 is 24.9 Å². The smallest absolute Gasteiger partial charge is 0.375 e. The van der Waals surface area contributed by atoms with Crippen LogP contribution in [0.2, 0.25) is 0 Å². The van der Waals surface area contributed by atoms with Gasteiger partial charge in [0.15, 0.2) is 5.60 Å². The zero-order valence-electron chi connectivity index (χ0n) is 29.9. The molecule has 0 saturated heterocycles. The van der Waals surface area contributed by atoms with Gasteiger partial charge in [0.1, 0.15) is 0 Å². The number of benzene rings is 2. The van der Waals surface area contributed by atoms with Gasteiger partial charge in [0.25, 0.3) is 11.8 Å². The minimum absolute atomic E-state index is 0.0375. The fourth-order valence-corrected chi connectivity index (χ4v) is 10.5. The van der Waals surface area contributed by atoms with E-state index >= 15 is 0 Å². The third-order valence-corrected chi connectivity index (χ3v) is 12.9. The lowest BCUT2D eigenvalue weighted by atomic mass is 9.45. The highest BCUT2D eigenvalue weighted by molar-refractivity contribution is 5.95. The molecule has 0 bridgehead atoms. The number of carbonyl (C=O) groups is 3. The number of aromatic nitrogens is 2. The van der Waals surface area contributed by atoms with E-state index in [9.17, 15) is 19.5 Å². The molecule has 4 aliphatic rings. The second-order valence-electron chi connectivity index (χ2n) is 15.6. The molecule has 2 aromatic carbocycles. The minimum atomic E-state index is -1.42. The number of hydrogen-bond acceptors (Lipinski definition) is 7. The van der Waals surface area contributed by atoms with E-state index in [2.05, 4.69) is 23.6 Å². The quantitative estimate of drug-likeness (QED) is 0.184. The van der Waals surface area contributed by atoms with Gasteiger partial charge in [-0.3, -0.25) is 9.59 Å². The largest absolute Gasteiger partial charge is 0.457 e. The second kappa shape index (κ2) is 12.9. The van der Waals surface area contributed by atoms with Gasteiger partial charge in [-0.05, 0) is 116 Å². The van der Waals surface area contributed by atoms with Gasteiger partial charge in [-0.1, -0.05) is 55.8 Å². The fraction of sp³-hybridized carbons (Fsp3) is 0.429. The molecule has 10 heteroatoms. The molecule has 8 rings (SSSR count). The number of furan rings is 1. The first-order chi connectivity index (χ1) is 25.1. The molecule has 270 valence electrons. The van der Waals surface area contributed by atoms with Crippen molar-refractivity contribution in [3.8, 4) is 5.69 Å². The van der Waals surface area contributed by atoms with E-state index in [1.54, 1.807) is 12.1 Å². The molecular weight excluding hydrogens is 656 g/mol. The Morgan fingerprint density at radius 1 is 1.04 bits per heavy atom. The van der Waals surface area contributed by atoms with Crippen molar-refractivity contribution >= 4 is 23.9 Å². The van der Waals surface area contributed by atoms with Gasteiger partial charge >= 0.3 is 5.97 Å². The van der Waals surface area contributed by atoms with Crippen molar-refractivity contribution in [2.45, 2.75) is 77.5 Å². The molecule has 7 atom stereocenters. The lowest BCUT2D eigenvalue weighted by Gasteiger charge is -2.60. The first-order valence-corrected chi connectivity index (χ1v) is 18.5. The summed E-state index contributed by atoms with van der Waals surface area (Å²) in [4.78, 5) is 40.4. The number of esters is 1. The molecule has 52 heavy (non-hydrogen) atoms. The van der Waals surface area contributed by atoms with E-state index < -0.39 is 23.1 Å². The van der Waals surface area contributed by atoms with Gasteiger partial charge in [0, 0.05) is 24.1 Å². The van der Waals surface area contributed by atoms with E-state index in [1.165, 1.54) is 11.8 Å². The van der Waals surface area contributed by atoms with Gasteiger partial charge in [-0.25, -0.2) is 9.48 Å². The Morgan fingerprint density at radius 3 is 2.63 bits per heavy atom. The molecular formula is C42H46N4O6. The summed E-state index contributed by atoms with van der Waals surface area (Å²) >= 11 is 0. The number of amides is 2. The summed E-state index contributed by atoms with van der Waals surface area (Å²) < 4.78 is 13.5. The minimum Gasteiger partial charge on any atom is -0.457 e. The normalized spacial score (nSPS) is 30.2. The van der Waals surface area contributed by atoms with Crippen LogP contribution in [0.3, 0.4) is 0 Å². The Balaban J connectivity index is 1.06. The van der Waals surface area contributed by atoms with Crippen molar-refractivity contribution in [3.05, 3.63) is 113 Å². The number of aliphatic hydroxyl groups is 1. The molecule has 0 spiro atoms. The average molecular weight is 703 g/mol. The molecule has 4 aromatic rings. The maximum absolute atomic E-state index is 14.0. The van der Waals surface area contributed by atoms with Crippen LogP contribution in [0.1, 0.15) is 90.6 Å². The van der Waals surface area contributed by atoms with Crippen LogP contribution >= 0.6 is 0 Å². The summed E-state index contributed by atoms with van der Waals surface area (Å²) in [5.74, 6) is -0.881. The molecule has 3 N–H and O–H groups in total. The van der Waals surface area contributed by atoms with Crippen LogP contribution in [0.15, 0.2) is 89.2 Å². The van der Waals surface area contributed by atoms with Gasteiger partial charge in [0.2, 0.25) is 5.76 Å². The van der Waals surface area contributed by atoms with Crippen LogP contribution in [0.5, 0.6) is 0 Å². The molecule has 3 fully saturated rings. The van der Waals surface area contributed by atoms with Gasteiger partial charge in [-0.2, -0.15) is 5.10 Å². The predicted molar refractivity (Wildman–Crippen MR) is 194 cm³/mol. The highest BCUT2D eigenvalue weighted by Crippen LogP contribution is 2.68. The second-order valence-corrected chi connectivity index (χ2v) is 15.6. The standard InChI is InChI=1S/C42H46N4O6/c1-4-43-39(50)42(52-38(49)35-14-9-19-51-35)18-17-32-31-16-15-29-21-33-28(22-40(29,2)36(31)34(47)23-41(32,42)3)25-45-46(33)30-13-8-12-27(20-30)37(48)44-24-26-10-6-5-7-11-26/h5-14,19-21,25,31-32,34,36,47H,4,15-18,22-24H2,1-3H3,(H,43,50)(H,44,48)/t31?,32?,34-,36?,40-,41-,42-/m0/s1.